The van der Waals surface area contributed by atoms with E-state index in [0.29, 0.717) is 10.0 Å². The zero-order chi connectivity index (χ0) is 14.2. The Morgan fingerprint density at radius 2 is 1.63 bits per heavy atom. The van der Waals surface area contributed by atoms with Gasteiger partial charge in [0.1, 0.15) is 0 Å². The van der Waals surface area contributed by atoms with Gasteiger partial charge in [-0.25, -0.2) is 0 Å². The van der Waals surface area contributed by atoms with Crippen LogP contribution in [-0.2, 0) is 5.41 Å². The number of rotatable bonds is 2. The molecule has 0 aliphatic rings. The van der Waals surface area contributed by atoms with Crippen molar-refractivity contribution in [1.82, 2.24) is 0 Å². The molecule has 0 fully saturated rings. The molecule has 4 heteroatoms. The van der Waals surface area contributed by atoms with Crippen molar-refractivity contribution in [3.63, 3.8) is 0 Å². The van der Waals surface area contributed by atoms with Crippen molar-refractivity contribution in [3.05, 3.63) is 55.7 Å². The molecule has 1 heterocycles. The van der Waals surface area contributed by atoms with Gasteiger partial charge in [0.25, 0.3) is 0 Å². The van der Waals surface area contributed by atoms with E-state index in [1.54, 1.807) is 6.07 Å². The Morgan fingerprint density at radius 1 is 1.05 bits per heavy atom. The molecule has 0 nitrogen and oxygen atoms in total. The van der Waals surface area contributed by atoms with E-state index in [0.717, 1.165) is 5.56 Å². The van der Waals surface area contributed by atoms with Crippen LogP contribution in [0.1, 0.15) is 40.9 Å². The molecule has 2 aromatic rings. The summed E-state index contributed by atoms with van der Waals surface area (Å²) in [5, 5.41) is 1.33. The Hall–Kier alpha value is -0.0200. The average molecular weight is 378 g/mol. The van der Waals surface area contributed by atoms with Gasteiger partial charge in [-0.3, -0.25) is 0 Å². The molecule has 1 aromatic heterocycles. The minimum absolute atomic E-state index is 0.129. The number of alkyl halides is 1. The summed E-state index contributed by atoms with van der Waals surface area (Å²) in [7, 11) is 0. The lowest BCUT2D eigenvalue weighted by atomic mass is 9.95. The van der Waals surface area contributed by atoms with Crippen LogP contribution in [0, 0.1) is 0 Å². The highest BCUT2D eigenvalue weighted by molar-refractivity contribution is 9.09. The van der Waals surface area contributed by atoms with Crippen LogP contribution < -0.4 is 0 Å². The average Bonchev–Trinajstić information content (AvgIpc) is 2.75. The van der Waals surface area contributed by atoms with Crippen molar-refractivity contribution in [3.8, 4) is 0 Å². The van der Waals surface area contributed by atoms with Crippen LogP contribution in [-0.4, -0.2) is 0 Å². The molecule has 0 saturated carbocycles. The second kappa shape index (κ2) is 5.77. The highest BCUT2D eigenvalue weighted by Crippen LogP contribution is 2.40. The van der Waals surface area contributed by atoms with Crippen molar-refractivity contribution in [1.29, 1.82) is 0 Å². The first kappa shape index (κ1) is 15.4. The van der Waals surface area contributed by atoms with Gasteiger partial charge < -0.3 is 0 Å². The minimum atomic E-state index is 0.129. The van der Waals surface area contributed by atoms with Crippen LogP contribution in [0.25, 0.3) is 0 Å². The lowest BCUT2D eigenvalue weighted by molar-refractivity contribution is 0.604. The largest absolute Gasteiger partial charge is 0.143 e. The van der Waals surface area contributed by atoms with Gasteiger partial charge in [-0.05, 0) is 41.3 Å². The molecule has 1 aromatic carbocycles. The SMILES string of the molecule is CC(C)(C)c1ccc(C(Br)c2cc(Cl)cc(Cl)c2)s1. The van der Waals surface area contributed by atoms with Gasteiger partial charge in [0.05, 0.1) is 4.83 Å². The third-order valence-electron chi connectivity index (χ3n) is 2.79. The highest BCUT2D eigenvalue weighted by Gasteiger charge is 2.19. The van der Waals surface area contributed by atoms with E-state index in [-0.39, 0.29) is 10.2 Å². The van der Waals surface area contributed by atoms with Gasteiger partial charge >= 0.3 is 0 Å². The maximum atomic E-state index is 6.06. The minimum Gasteiger partial charge on any atom is -0.143 e. The summed E-state index contributed by atoms with van der Waals surface area (Å²) >= 11 is 17.7. The summed E-state index contributed by atoms with van der Waals surface area (Å²) in [5.74, 6) is 0. The molecule has 1 atom stereocenters. The van der Waals surface area contributed by atoms with Crippen LogP contribution >= 0.6 is 50.5 Å². The van der Waals surface area contributed by atoms with Crippen molar-refractivity contribution >= 4 is 50.5 Å². The normalized spacial score (nSPS) is 13.6. The highest BCUT2D eigenvalue weighted by atomic mass is 79.9. The second-order valence-corrected chi connectivity index (χ2v) is 8.42. The molecule has 0 N–H and O–H groups in total. The smallest absolute Gasteiger partial charge is 0.0739 e. The molecule has 1 unspecified atom stereocenters. The molecular formula is C15H15BrCl2S. The molecule has 0 spiro atoms. The maximum Gasteiger partial charge on any atom is 0.0739 e. The predicted octanol–water partition coefficient (Wildman–Crippen LogP) is 6.84. The molecule has 2 rings (SSSR count). The van der Waals surface area contributed by atoms with Gasteiger partial charge in [0, 0.05) is 19.8 Å². The summed E-state index contributed by atoms with van der Waals surface area (Å²) in [5.41, 5.74) is 1.27. The molecule has 0 radical (unpaired) electrons. The van der Waals surface area contributed by atoms with Crippen LogP contribution in [0.4, 0.5) is 0 Å². The first-order valence-corrected chi connectivity index (χ1v) is 8.46. The van der Waals surface area contributed by atoms with Crippen LogP contribution in [0.5, 0.6) is 0 Å². The van der Waals surface area contributed by atoms with Crippen molar-refractivity contribution in [2.45, 2.75) is 31.0 Å². The van der Waals surface area contributed by atoms with E-state index in [1.807, 2.05) is 23.5 Å². The Balaban J connectivity index is 2.33. The van der Waals surface area contributed by atoms with Gasteiger partial charge in [0.15, 0.2) is 0 Å². The Bertz CT molecular complexity index is 564. The monoisotopic (exact) mass is 376 g/mol. The number of hydrogen-bond acceptors (Lipinski definition) is 1. The van der Waals surface area contributed by atoms with Gasteiger partial charge in [-0.15, -0.1) is 11.3 Å². The van der Waals surface area contributed by atoms with Crippen molar-refractivity contribution in [2.24, 2.45) is 0 Å². The Labute approximate surface area is 136 Å². The fourth-order valence-electron chi connectivity index (χ4n) is 1.78. The Morgan fingerprint density at radius 3 is 2.11 bits per heavy atom. The first-order valence-electron chi connectivity index (χ1n) is 5.97. The van der Waals surface area contributed by atoms with Gasteiger partial charge in [0.2, 0.25) is 0 Å². The standard InChI is InChI=1S/C15H15BrCl2S/c1-15(2,3)13-5-4-12(19-13)14(16)9-6-10(17)8-11(18)7-9/h4-8,14H,1-3H3. The number of hydrogen-bond donors (Lipinski definition) is 0. The maximum absolute atomic E-state index is 6.06. The van der Waals surface area contributed by atoms with Gasteiger partial charge in [-0.1, -0.05) is 59.9 Å². The second-order valence-electron chi connectivity index (χ2n) is 5.52. The van der Waals surface area contributed by atoms with Crippen molar-refractivity contribution in [2.75, 3.05) is 0 Å². The van der Waals surface area contributed by atoms with Crippen LogP contribution in [0.2, 0.25) is 10.0 Å². The summed E-state index contributed by atoms with van der Waals surface area (Å²) < 4.78 is 0. The summed E-state index contributed by atoms with van der Waals surface area (Å²) in [6.45, 7) is 6.67. The number of benzene rings is 1. The molecule has 19 heavy (non-hydrogen) atoms. The molecule has 0 amide bonds. The lowest BCUT2D eigenvalue weighted by Crippen LogP contribution is -2.07. The fraction of sp³-hybridized carbons (Fsp3) is 0.333. The zero-order valence-electron chi connectivity index (χ0n) is 11.0. The Kier molecular flexibility index (Phi) is 4.67. The van der Waals surface area contributed by atoms with E-state index < -0.39 is 0 Å². The third-order valence-corrected chi connectivity index (χ3v) is 6.13. The topological polar surface area (TPSA) is 0 Å². The zero-order valence-corrected chi connectivity index (χ0v) is 14.9. The predicted molar refractivity (Wildman–Crippen MR) is 90.3 cm³/mol. The summed E-state index contributed by atoms with van der Waals surface area (Å²) in [4.78, 5) is 2.77. The lowest BCUT2D eigenvalue weighted by Gasteiger charge is -2.15. The van der Waals surface area contributed by atoms with E-state index in [2.05, 4.69) is 48.8 Å². The summed E-state index contributed by atoms with van der Waals surface area (Å²) in [6, 6.07) is 10.0. The molecule has 0 aliphatic heterocycles. The number of halogens is 3. The van der Waals surface area contributed by atoms with Crippen LogP contribution in [0.3, 0.4) is 0 Å². The first-order chi connectivity index (χ1) is 8.77. The van der Waals surface area contributed by atoms with Crippen LogP contribution in [0.15, 0.2) is 30.3 Å². The molecular weight excluding hydrogens is 363 g/mol. The van der Waals surface area contributed by atoms with E-state index >= 15 is 0 Å². The molecule has 102 valence electrons. The molecule has 0 bridgehead atoms. The van der Waals surface area contributed by atoms with Crippen molar-refractivity contribution < 1.29 is 0 Å². The fourth-order valence-corrected chi connectivity index (χ4v) is 4.09. The molecule has 0 aliphatic carbocycles. The van der Waals surface area contributed by atoms with E-state index in [1.165, 1.54) is 9.75 Å². The molecule has 0 saturated heterocycles. The number of thiophene rings is 1. The van der Waals surface area contributed by atoms with Gasteiger partial charge in [-0.2, -0.15) is 0 Å². The quantitative estimate of drug-likeness (QED) is 0.502. The van der Waals surface area contributed by atoms with E-state index in [4.69, 9.17) is 23.2 Å². The van der Waals surface area contributed by atoms with E-state index in [9.17, 15) is 0 Å². The third kappa shape index (κ3) is 3.75. The summed E-state index contributed by atoms with van der Waals surface area (Å²) in [6.07, 6.45) is 0.